The van der Waals surface area contributed by atoms with Crippen molar-refractivity contribution in [2.24, 2.45) is 0 Å². The Hall–Kier alpha value is -2.07. The van der Waals surface area contributed by atoms with E-state index in [1.165, 1.54) is 24.3 Å². The number of benzene rings is 1. The lowest BCUT2D eigenvalue weighted by Gasteiger charge is -2.28. The van der Waals surface area contributed by atoms with Crippen molar-refractivity contribution in [2.45, 2.75) is 31.3 Å². The first-order chi connectivity index (χ1) is 13.1. The molecule has 0 radical (unpaired) electrons. The standard InChI is InChI=1S/C18H21F3N2O4S/c19-18(20,21)27-16-6-2-1-5-13(16)7-8-17(24)22-14-11-28(25,26)12-15(14)23-9-3-4-10-23/h1-2,5-8,14-15H,3-4,9-12H2,(H,22,24)/b8-7+. The molecule has 0 aliphatic carbocycles. The van der Waals surface area contributed by atoms with Gasteiger partial charge in [0.1, 0.15) is 5.75 Å². The van der Waals surface area contributed by atoms with Gasteiger partial charge in [-0.25, -0.2) is 8.42 Å². The minimum atomic E-state index is -4.84. The fourth-order valence-corrected chi connectivity index (χ4v) is 5.58. The molecule has 6 nitrogen and oxygen atoms in total. The summed E-state index contributed by atoms with van der Waals surface area (Å²) >= 11 is 0. The van der Waals surface area contributed by atoms with Gasteiger partial charge in [0, 0.05) is 17.7 Å². The number of hydrogen-bond acceptors (Lipinski definition) is 5. The molecule has 2 saturated heterocycles. The molecule has 1 N–H and O–H groups in total. The summed E-state index contributed by atoms with van der Waals surface area (Å²) in [6.45, 7) is 1.59. The van der Waals surface area contributed by atoms with Crippen LogP contribution >= 0.6 is 0 Å². The summed E-state index contributed by atoms with van der Waals surface area (Å²) in [6, 6.07) is 4.64. The van der Waals surface area contributed by atoms with Gasteiger partial charge in [-0.05, 0) is 38.1 Å². The fourth-order valence-electron chi connectivity index (χ4n) is 3.63. The highest BCUT2D eigenvalue weighted by molar-refractivity contribution is 7.91. The van der Waals surface area contributed by atoms with Gasteiger partial charge in [-0.2, -0.15) is 0 Å². The molecular formula is C18H21F3N2O4S. The number of carbonyl (C=O) groups excluding carboxylic acids is 1. The molecule has 10 heteroatoms. The molecule has 1 aromatic rings. The van der Waals surface area contributed by atoms with Crippen molar-refractivity contribution in [1.29, 1.82) is 0 Å². The van der Waals surface area contributed by atoms with E-state index in [4.69, 9.17) is 0 Å². The van der Waals surface area contributed by atoms with Crippen LogP contribution in [0.1, 0.15) is 18.4 Å². The van der Waals surface area contributed by atoms with Crippen LogP contribution in [0.2, 0.25) is 0 Å². The van der Waals surface area contributed by atoms with Crippen LogP contribution in [0.4, 0.5) is 13.2 Å². The molecule has 0 bridgehead atoms. The fraction of sp³-hybridized carbons (Fsp3) is 0.500. The third-order valence-corrected chi connectivity index (χ3v) is 6.54. The summed E-state index contributed by atoms with van der Waals surface area (Å²) in [7, 11) is -3.25. The van der Waals surface area contributed by atoms with Gasteiger partial charge in [0.2, 0.25) is 5.91 Å². The molecule has 0 saturated carbocycles. The number of halogens is 3. The van der Waals surface area contributed by atoms with E-state index in [2.05, 4.69) is 15.0 Å². The molecule has 2 aliphatic rings. The highest BCUT2D eigenvalue weighted by Gasteiger charge is 2.42. The Labute approximate surface area is 161 Å². The van der Waals surface area contributed by atoms with E-state index in [-0.39, 0.29) is 23.1 Å². The largest absolute Gasteiger partial charge is 0.573 e. The number of likely N-dealkylation sites (tertiary alicyclic amines) is 1. The predicted molar refractivity (Wildman–Crippen MR) is 97.3 cm³/mol. The van der Waals surface area contributed by atoms with E-state index in [9.17, 15) is 26.4 Å². The first-order valence-corrected chi connectivity index (χ1v) is 10.7. The van der Waals surface area contributed by atoms with Gasteiger partial charge in [-0.3, -0.25) is 9.69 Å². The summed E-state index contributed by atoms with van der Waals surface area (Å²) in [5.41, 5.74) is 0.0881. The Kier molecular flexibility index (Phi) is 5.99. The van der Waals surface area contributed by atoms with Gasteiger partial charge in [-0.1, -0.05) is 18.2 Å². The lowest BCUT2D eigenvalue weighted by atomic mass is 10.1. The predicted octanol–water partition coefficient (Wildman–Crippen LogP) is 1.98. The maximum atomic E-state index is 12.5. The van der Waals surface area contributed by atoms with Crippen LogP contribution in [0.25, 0.3) is 6.08 Å². The quantitative estimate of drug-likeness (QED) is 0.740. The summed E-state index contributed by atoms with van der Waals surface area (Å²) in [5.74, 6) is -1.11. The van der Waals surface area contributed by atoms with E-state index >= 15 is 0 Å². The number of amides is 1. The highest BCUT2D eigenvalue weighted by Crippen LogP contribution is 2.27. The van der Waals surface area contributed by atoms with Crippen molar-refractivity contribution in [2.75, 3.05) is 24.6 Å². The van der Waals surface area contributed by atoms with Crippen LogP contribution in [0.15, 0.2) is 30.3 Å². The van der Waals surface area contributed by atoms with Crippen LogP contribution in [-0.2, 0) is 14.6 Å². The SMILES string of the molecule is O=C(/C=C/c1ccccc1OC(F)(F)F)NC1CS(=O)(=O)CC1N1CCCC1. The molecule has 2 fully saturated rings. The average Bonchev–Trinajstić information content (AvgIpc) is 3.20. The zero-order valence-electron chi connectivity index (χ0n) is 15.0. The number of hydrogen-bond donors (Lipinski definition) is 1. The van der Waals surface area contributed by atoms with Crippen LogP contribution < -0.4 is 10.1 Å². The van der Waals surface area contributed by atoms with Gasteiger partial charge in [-0.15, -0.1) is 13.2 Å². The van der Waals surface area contributed by atoms with E-state index in [1.807, 2.05) is 0 Å². The molecule has 2 unspecified atom stereocenters. The lowest BCUT2D eigenvalue weighted by Crippen LogP contribution is -2.49. The molecular weight excluding hydrogens is 397 g/mol. The van der Waals surface area contributed by atoms with Gasteiger partial charge in [0.15, 0.2) is 9.84 Å². The van der Waals surface area contributed by atoms with Crippen LogP contribution in [0.3, 0.4) is 0 Å². The number of ether oxygens (including phenoxy) is 1. The van der Waals surface area contributed by atoms with E-state index in [1.54, 1.807) is 0 Å². The van der Waals surface area contributed by atoms with E-state index in [0.29, 0.717) is 0 Å². The van der Waals surface area contributed by atoms with Gasteiger partial charge in [0.05, 0.1) is 17.5 Å². The number of alkyl halides is 3. The van der Waals surface area contributed by atoms with Crippen LogP contribution in [-0.4, -0.2) is 62.3 Å². The molecule has 1 aromatic carbocycles. The molecule has 28 heavy (non-hydrogen) atoms. The minimum absolute atomic E-state index is 0.00389. The maximum absolute atomic E-state index is 12.5. The molecule has 1 amide bonds. The summed E-state index contributed by atoms with van der Waals surface area (Å²) < 4.78 is 65.4. The first-order valence-electron chi connectivity index (χ1n) is 8.91. The molecule has 2 atom stereocenters. The number of nitrogens with one attached hydrogen (secondary N) is 1. The Bertz CT molecular complexity index is 849. The van der Waals surface area contributed by atoms with Crippen molar-refractivity contribution in [3.8, 4) is 5.75 Å². The number of rotatable bonds is 5. The summed E-state index contributed by atoms with van der Waals surface area (Å²) in [6.07, 6.45) is -0.553. The van der Waals surface area contributed by atoms with Gasteiger partial charge >= 0.3 is 6.36 Å². The first kappa shape index (κ1) is 20.7. The zero-order chi connectivity index (χ0) is 20.4. The molecule has 3 rings (SSSR count). The number of sulfone groups is 1. The van der Waals surface area contributed by atoms with Crippen molar-refractivity contribution in [3.63, 3.8) is 0 Å². The van der Waals surface area contributed by atoms with Crippen LogP contribution in [0.5, 0.6) is 5.75 Å². The molecule has 2 aliphatic heterocycles. The highest BCUT2D eigenvalue weighted by atomic mass is 32.2. The molecule has 0 spiro atoms. The van der Waals surface area contributed by atoms with E-state index in [0.717, 1.165) is 38.1 Å². The smallest absolute Gasteiger partial charge is 0.405 e. The van der Waals surface area contributed by atoms with E-state index < -0.39 is 33.9 Å². The van der Waals surface area contributed by atoms with Crippen molar-refractivity contribution in [3.05, 3.63) is 35.9 Å². The summed E-state index contributed by atoms with van der Waals surface area (Å²) in [5, 5.41) is 2.69. The monoisotopic (exact) mass is 418 g/mol. The van der Waals surface area contributed by atoms with Crippen LogP contribution in [0, 0.1) is 0 Å². The molecule has 2 heterocycles. The number of para-hydroxylation sites is 1. The second kappa shape index (κ2) is 8.12. The van der Waals surface area contributed by atoms with Gasteiger partial charge < -0.3 is 10.1 Å². The van der Waals surface area contributed by atoms with Gasteiger partial charge in [0.25, 0.3) is 0 Å². The number of carbonyl (C=O) groups is 1. The Morgan fingerprint density at radius 1 is 1.18 bits per heavy atom. The third-order valence-electron chi connectivity index (χ3n) is 4.82. The zero-order valence-corrected chi connectivity index (χ0v) is 15.8. The Morgan fingerprint density at radius 3 is 2.54 bits per heavy atom. The second-order valence-electron chi connectivity index (χ2n) is 6.92. The number of nitrogens with zero attached hydrogens (tertiary/aromatic N) is 1. The van der Waals surface area contributed by atoms with Crippen molar-refractivity contribution >= 4 is 21.8 Å². The topological polar surface area (TPSA) is 75.7 Å². The summed E-state index contributed by atoms with van der Waals surface area (Å²) in [4.78, 5) is 14.3. The Morgan fingerprint density at radius 2 is 1.86 bits per heavy atom. The molecule has 154 valence electrons. The Balaban J connectivity index is 1.68. The average molecular weight is 418 g/mol. The molecule has 0 aromatic heterocycles. The lowest BCUT2D eigenvalue weighted by molar-refractivity contribution is -0.274. The second-order valence-corrected chi connectivity index (χ2v) is 9.08. The van der Waals surface area contributed by atoms with Crippen molar-refractivity contribution in [1.82, 2.24) is 10.2 Å². The minimum Gasteiger partial charge on any atom is -0.405 e. The van der Waals surface area contributed by atoms with Crippen molar-refractivity contribution < 1.29 is 31.1 Å². The normalized spacial score (nSPS) is 25.2. The maximum Gasteiger partial charge on any atom is 0.573 e. The third kappa shape index (κ3) is 5.48.